The number of carbonyl (C=O) groups excluding carboxylic acids is 1. The van der Waals surface area contributed by atoms with Crippen molar-refractivity contribution < 1.29 is 19.8 Å². The largest absolute Gasteiger partial charge is 0.507 e. The topological polar surface area (TPSA) is 101 Å². The van der Waals surface area contributed by atoms with Crippen LogP contribution in [0.2, 0.25) is 0 Å². The maximum absolute atomic E-state index is 10.7. The summed E-state index contributed by atoms with van der Waals surface area (Å²) >= 11 is 0. The SMILES string of the molecule is NC(=O)CC#Cc1ccc(O)c(C(=O)O)c1. The molecule has 0 radical (unpaired) electrons. The Morgan fingerprint density at radius 2 is 2.06 bits per heavy atom. The van der Waals surface area contributed by atoms with Crippen LogP contribution in [0.5, 0.6) is 5.75 Å². The average molecular weight is 219 g/mol. The minimum absolute atomic E-state index is 0.0940. The van der Waals surface area contributed by atoms with Gasteiger partial charge in [0, 0.05) is 5.56 Å². The summed E-state index contributed by atoms with van der Waals surface area (Å²) in [6.07, 6.45) is -0.0940. The van der Waals surface area contributed by atoms with E-state index >= 15 is 0 Å². The first-order chi connectivity index (χ1) is 7.50. The molecule has 16 heavy (non-hydrogen) atoms. The van der Waals surface area contributed by atoms with Gasteiger partial charge in [-0.15, -0.1) is 0 Å². The smallest absolute Gasteiger partial charge is 0.339 e. The quantitative estimate of drug-likeness (QED) is 0.623. The van der Waals surface area contributed by atoms with Crippen LogP contribution in [0.25, 0.3) is 0 Å². The third-order valence-electron chi connectivity index (χ3n) is 1.72. The summed E-state index contributed by atoms with van der Waals surface area (Å²) in [7, 11) is 0. The Hall–Kier alpha value is -2.48. The highest BCUT2D eigenvalue weighted by molar-refractivity contribution is 5.91. The van der Waals surface area contributed by atoms with Crippen LogP contribution in [0.1, 0.15) is 22.3 Å². The first-order valence-electron chi connectivity index (χ1n) is 4.34. The summed E-state index contributed by atoms with van der Waals surface area (Å²) in [5.41, 5.74) is 5.05. The number of nitrogens with two attached hydrogens (primary N) is 1. The predicted molar refractivity (Wildman–Crippen MR) is 55.8 cm³/mol. The number of hydrogen-bond donors (Lipinski definition) is 3. The predicted octanol–water partition coefficient (Wildman–Crippen LogP) is 0.317. The van der Waals surface area contributed by atoms with Crippen molar-refractivity contribution >= 4 is 11.9 Å². The Labute approximate surface area is 91.5 Å². The number of carboxylic acid groups (broad SMARTS) is 1. The van der Waals surface area contributed by atoms with Gasteiger partial charge in [0.2, 0.25) is 5.91 Å². The zero-order valence-electron chi connectivity index (χ0n) is 8.23. The third kappa shape index (κ3) is 3.03. The van der Waals surface area contributed by atoms with Crippen LogP contribution < -0.4 is 5.73 Å². The first-order valence-corrected chi connectivity index (χ1v) is 4.34. The molecule has 0 unspecified atom stereocenters. The van der Waals surface area contributed by atoms with E-state index in [1.54, 1.807) is 0 Å². The molecule has 0 bridgehead atoms. The minimum atomic E-state index is -1.24. The Bertz CT molecular complexity index is 496. The van der Waals surface area contributed by atoms with Crippen molar-refractivity contribution in [1.82, 2.24) is 0 Å². The number of aromatic hydroxyl groups is 1. The normalized spacial score (nSPS) is 9.00. The maximum Gasteiger partial charge on any atom is 0.339 e. The average Bonchev–Trinajstić information content (AvgIpc) is 2.19. The Balaban J connectivity index is 2.98. The van der Waals surface area contributed by atoms with Crippen molar-refractivity contribution in [1.29, 1.82) is 0 Å². The molecule has 0 aromatic heterocycles. The Kier molecular flexibility index (Phi) is 3.51. The Morgan fingerprint density at radius 3 is 2.62 bits per heavy atom. The van der Waals surface area contributed by atoms with E-state index < -0.39 is 11.9 Å². The summed E-state index contributed by atoms with van der Waals surface area (Å²) in [5.74, 6) is 2.94. The van der Waals surface area contributed by atoms with Crippen LogP contribution in [-0.2, 0) is 4.79 Å². The molecule has 0 aliphatic carbocycles. The van der Waals surface area contributed by atoms with E-state index in [1.807, 2.05) is 0 Å². The Morgan fingerprint density at radius 1 is 1.38 bits per heavy atom. The second kappa shape index (κ2) is 4.84. The molecule has 1 aromatic carbocycles. The van der Waals surface area contributed by atoms with Crippen molar-refractivity contribution in [3.05, 3.63) is 29.3 Å². The van der Waals surface area contributed by atoms with Crippen molar-refractivity contribution in [3.8, 4) is 17.6 Å². The summed E-state index contributed by atoms with van der Waals surface area (Å²) in [4.78, 5) is 21.1. The van der Waals surface area contributed by atoms with Crippen molar-refractivity contribution in [2.45, 2.75) is 6.42 Å². The molecular weight excluding hydrogens is 210 g/mol. The summed E-state index contributed by atoms with van der Waals surface area (Å²) < 4.78 is 0. The van der Waals surface area contributed by atoms with Gasteiger partial charge in [-0.3, -0.25) is 4.79 Å². The molecule has 0 atom stereocenters. The highest BCUT2D eigenvalue weighted by Crippen LogP contribution is 2.17. The van der Waals surface area contributed by atoms with E-state index in [4.69, 9.17) is 10.8 Å². The van der Waals surface area contributed by atoms with Crippen LogP contribution in [0.4, 0.5) is 0 Å². The lowest BCUT2D eigenvalue weighted by Gasteiger charge is -1.98. The molecule has 0 aliphatic rings. The first kappa shape index (κ1) is 11.6. The summed E-state index contributed by atoms with van der Waals surface area (Å²) in [6.45, 7) is 0. The van der Waals surface area contributed by atoms with E-state index in [9.17, 15) is 14.7 Å². The van der Waals surface area contributed by atoms with Gasteiger partial charge in [-0.05, 0) is 18.2 Å². The maximum atomic E-state index is 10.7. The number of benzene rings is 1. The van der Waals surface area contributed by atoms with Crippen molar-refractivity contribution in [3.63, 3.8) is 0 Å². The van der Waals surface area contributed by atoms with E-state index in [0.717, 1.165) is 0 Å². The lowest BCUT2D eigenvalue weighted by molar-refractivity contribution is -0.117. The second-order valence-corrected chi connectivity index (χ2v) is 2.98. The molecule has 0 heterocycles. The van der Waals surface area contributed by atoms with E-state index in [0.29, 0.717) is 5.56 Å². The molecule has 4 N–H and O–H groups in total. The van der Waals surface area contributed by atoms with Gasteiger partial charge in [0.15, 0.2) is 0 Å². The molecule has 0 saturated carbocycles. The number of carbonyl (C=O) groups is 2. The van der Waals surface area contributed by atoms with E-state index in [2.05, 4.69) is 11.8 Å². The number of aromatic carboxylic acids is 1. The van der Waals surface area contributed by atoms with Crippen LogP contribution in [0.15, 0.2) is 18.2 Å². The molecule has 0 aliphatic heterocycles. The van der Waals surface area contributed by atoms with Gasteiger partial charge < -0.3 is 15.9 Å². The molecule has 5 heteroatoms. The zero-order valence-corrected chi connectivity index (χ0v) is 8.23. The summed E-state index contributed by atoms with van der Waals surface area (Å²) in [5, 5.41) is 17.9. The molecule has 0 spiro atoms. The fraction of sp³-hybridized carbons (Fsp3) is 0.0909. The van der Waals surface area contributed by atoms with Gasteiger partial charge in [-0.25, -0.2) is 4.79 Å². The molecule has 0 saturated heterocycles. The highest BCUT2D eigenvalue weighted by Gasteiger charge is 2.08. The van der Waals surface area contributed by atoms with Gasteiger partial charge in [-0.2, -0.15) is 0 Å². The molecule has 1 rings (SSSR count). The van der Waals surface area contributed by atoms with Gasteiger partial charge >= 0.3 is 5.97 Å². The number of hydrogen-bond acceptors (Lipinski definition) is 3. The number of rotatable bonds is 2. The molecule has 1 aromatic rings. The number of primary amides is 1. The third-order valence-corrected chi connectivity index (χ3v) is 1.72. The van der Waals surface area contributed by atoms with E-state index in [1.165, 1.54) is 18.2 Å². The van der Waals surface area contributed by atoms with Crippen molar-refractivity contribution in [2.75, 3.05) is 0 Å². The minimum Gasteiger partial charge on any atom is -0.507 e. The van der Waals surface area contributed by atoms with Crippen LogP contribution in [-0.4, -0.2) is 22.1 Å². The van der Waals surface area contributed by atoms with Gasteiger partial charge in [0.25, 0.3) is 0 Å². The number of phenols is 1. The molecule has 5 nitrogen and oxygen atoms in total. The van der Waals surface area contributed by atoms with E-state index in [-0.39, 0.29) is 17.7 Å². The standard InChI is InChI=1S/C11H9NO4/c12-10(14)3-1-2-7-4-5-9(13)8(6-7)11(15)16/h4-6,13H,3H2,(H2,12,14)(H,15,16). The van der Waals surface area contributed by atoms with Crippen LogP contribution >= 0.6 is 0 Å². The summed E-state index contributed by atoms with van der Waals surface area (Å²) in [6, 6.07) is 3.92. The molecular formula is C11H9NO4. The second-order valence-electron chi connectivity index (χ2n) is 2.98. The zero-order chi connectivity index (χ0) is 12.1. The molecule has 82 valence electrons. The monoisotopic (exact) mass is 219 g/mol. The highest BCUT2D eigenvalue weighted by atomic mass is 16.4. The fourth-order valence-corrected chi connectivity index (χ4v) is 1.02. The lowest BCUT2D eigenvalue weighted by Crippen LogP contribution is -2.08. The van der Waals surface area contributed by atoms with Crippen LogP contribution in [0.3, 0.4) is 0 Å². The van der Waals surface area contributed by atoms with Gasteiger partial charge in [0.05, 0.1) is 6.42 Å². The molecule has 0 fully saturated rings. The van der Waals surface area contributed by atoms with Crippen LogP contribution in [0, 0.1) is 11.8 Å². The van der Waals surface area contributed by atoms with Gasteiger partial charge in [-0.1, -0.05) is 11.8 Å². The molecule has 1 amide bonds. The number of amides is 1. The van der Waals surface area contributed by atoms with Gasteiger partial charge in [0.1, 0.15) is 11.3 Å². The lowest BCUT2D eigenvalue weighted by atomic mass is 10.1. The number of carboxylic acids is 1. The van der Waals surface area contributed by atoms with Crippen molar-refractivity contribution in [2.24, 2.45) is 5.73 Å². The fourth-order valence-electron chi connectivity index (χ4n) is 1.02.